The molecule has 3 fully saturated rings. The van der Waals surface area contributed by atoms with Crippen LogP contribution in [0, 0.1) is 42.0 Å². The number of nitrogens with one attached hydrogen (secondary N) is 2. The number of carbonyl (C=O) groups excluding carboxylic acids is 6. The van der Waals surface area contributed by atoms with E-state index in [2.05, 4.69) is 24.8 Å². The number of benzene rings is 4. The van der Waals surface area contributed by atoms with E-state index in [4.69, 9.17) is 14.6 Å². The number of carboxylic acids is 1. The lowest BCUT2D eigenvalue weighted by Gasteiger charge is -2.32. The highest BCUT2D eigenvalue weighted by Crippen LogP contribution is 2.40. The Morgan fingerprint density at radius 1 is 0.592 bits per heavy atom. The second-order valence-electron chi connectivity index (χ2n) is 15.0. The fraction of sp³-hybridized carbons (Fsp3) is 0.311. The number of hydrogen-bond acceptors (Lipinski definition) is 24. The van der Waals surface area contributed by atoms with Gasteiger partial charge in [0.05, 0.1) is 79.0 Å². The molecule has 0 bridgehead atoms. The van der Waals surface area contributed by atoms with Gasteiger partial charge in [0.2, 0.25) is 17.5 Å². The SMILES string of the molecule is COC(=O)C1CSCN1.COC(=O)c1cccc(F)c1[N+](=O)[O-].COC(=O)c1cccc(N2CSCC2C(=O)OC)c1[N+](=O)[O-].COC(=O)c1cccc2c1NC(=O)C1CSCN21.O=C(O)c1cccc(F)c1[N+](=O)[O-]. The topological polar surface area (TPSA) is 346 Å². The molecule has 4 aromatic rings. The molecule has 4 heterocycles. The third-order valence-corrected chi connectivity index (χ3v) is 13.6. The fourth-order valence-electron chi connectivity index (χ4n) is 7.07. The van der Waals surface area contributed by atoms with E-state index in [0.717, 1.165) is 73.5 Å². The second kappa shape index (κ2) is 28.5. The number of thioether (sulfide) groups is 3. The van der Waals surface area contributed by atoms with E-state index in [-0.39, 0.29) is 40.9 Å². The number of nitro benzene ring substituents is 3. The van der Waals surface area contributed by atoms with Crippen LogP contribution in [-0.4, -0.2) is 150 Å². The largest absolute Gasteiger partial charge is 0.477 e. The fourth-order valence-corrected chi connectivity index (χ4v) is 10.3. The van der Waals surface area contributed by atoms with Gasteiger partial charge in [-0.05, 0) is 48.5 Å². The summed E-state index contributed by atoms with van der Waals surface area (Å²) in [6.07, 6.45) is 0. The van der Waals surface area contributed by atoms with Gasteiger partial charge in [-0.1, -0.05) is 24.3 Å². The van der Waals surface area contributed by atoms with Gasteiger partial charge >= 0.3 is 52.9 Å². The maximum absolute atomic E-state index is 12.9. The number of carboxylic acid groups (broad SMARTS) is 1. The Bertz CT molecular complexity index is 2880. The van der Waals surface area contributed by atoms with Crippen molar-refractivity contribution in [2.75, 3.05) is 85.6 Å². The predicted molar refractivity (Wildman–Crippen MR) is 271 cm³/mol. The van der Waals surface area contributed by atoms with Crippen LogP contribution >= 0.6 is 35.3 Å². The monoisotopic (exact) mass is 1120 g/mol. The summed E-state index contributed by atoms with van der Waals surface area (Å²) in [6.45, 7) is 0. The summed E-state index contributed by atoms with van der Waals surface area (Å²) < 4.78 is 48.5. The van der Waals surface area contributed by atoms with E-state index in [1.54, 1.807) is 34.5 Å². The zero-order chi connectivity index (χ0) is 56.4. The molecule has 0 radical (unpaired) electrons. The summed E-state index contributed by atoms with van der Waals surface area (Å²) in [5, 5.41) is 46.4. The van der Waals surface area contributed by atoms with Crippen molar-refractivity contribution < 1.29 is 85.9 Å². The molecule has 1 amide bonds. The number of para-hydroxylation sites is 4. The zero-order valence-corrected chi connectivity index (χ0v) is 42.9. The number of aromatic carboxylic acids is 1. The molecule has 31 heteroatoms. The lowest BCUT2D eigenvalue weighted by atomic mass is 10.1. The van der Waals surface area contributed by atoms with Crippen LogP contribution in [0.2, 0.25) is 0 Å². The van der Waals surface area contributed by atoms with Crippen LogP contribution in [0.15, 0.2) is 72.8 Å². The minimum Gasteiger partial charge on any atom is -0.477 e. The van der Waals surface area contributed by atoms with Crippen LogP contribution in [-0.2, 0) is 38.1 Å². The van der Waals surface area contributed by atoms with Crippen LogP contribution in [0.5, 0.6) is 0 Å². The number of ether oxygens (including phenoxy) is 5. The Labute approximate surface area is 441 Å². The van der Waals surface area contributed by atoms with E-state index in [1.165, 1.54) is 57.4 Å². The van der Waals surface area contributed by atoms with Crippen molar-refractivity contribution in [2.45, 2.75) is 18.1 Å². The Hall–Kier alpha value is -8.16. The number of halogens is 2. The average Bonchev–Trinajstić information content (AvgIpc) is 4.24. The standard InChI is InChI=1S/C13H14N2O6S.C12H12N2O3S.C8H6FNO4.C7H4FNO4.C5H9NO2S/c1-20-12(16)8-4-3-5-9(11(8)15(18)19)14-7-22-6-10(14)13(17)21-2;1-17-12(16)7-3-2-4-8-10(7)13-11(15)9-5-18-6-14(8)9;1-14-8(11)5-3-2-4-6(9)7(5)10(12)13;8-5-3-1-2-4(7(10)11)6(5)9(12)13;1-8-5(7)4-2-9-3-6-4/h3-5,10H,6-7H2,1-2H3;2-4,9H,5-6H2,1H3,(H,13,15);2-4H,1H3;1-3H,(H,10,11);4,6H,2-3H2,1H3. The Kier molecular flexibility index (Phi) is 22.6. The van der Waals surface area contributed by atoms with Crippen LogP contribution in [0.1, 0.15) is 41.4 Å². The van der Waals surface area contributed by atoms with Gasteiger partial charge < -0.3 is 43.9 Å². The molecule has 4 aliphatic heterocycles. The second-order valence-corrected chi connectivity index (χ2v) is 18.0. The van der Waals surface area contributed by atoms with Gasteiger partial charge in [-0.2, -0.15) is 8.78 Å². The molecule has 8 rings (SSSR count). The van der Waals surface area contributed by atoms with Gasteiger partial charge in [-0.15, -0.1) is 35.3 Å². The molecule has 4 aliphatic rings. The number of fused-ring (bicyclic) bond motifs is 3. The number of nitro groups is 3. The summed E-state index contributed by atoms with van der Waals surface area (Å²) >= 11 is 4.89. The Balaban J connectivity index is 0.000000211. The number of hydrogen-bond donors (Lipinski definition) is 3. The van der Waals surface area contributed by atoms with Crippen molar-refractivity contribution in [3.8, 4) is 0 Å². The number of methoxy groups -OCH3 is 5. The number of carbonyl (C=O) groups is 7. The van der Waals surface area contributed by atoms with Crippen LogP contribution < -0.4 is 20.4 Å². The lowest BCUT2D eigenvalue weighted by molar-refractivity contribution is -0.388. The molecule has 76 heavy (non-hydrogen) atoms. The molecular weight excluding hydrogens is 1080 g/mol. The van der Waals surface area contributed by atoms with E-state index in [9.17, 15) is 72.7 Å². The predicted octanol–water partition coefficient (Wildman–Crippen LogP) is 5.51. The van der Waals surface area contributed by atoms with Gasteiger partial charge in [0.25, 0.3) is 0 Å². The van der Waals surface area contributed by atoms with E-state index in [1.807, 2.05) is 17.0 Å². The molecule has 0 spiro atoms. The summed E-state index contributed by atoms with van der Waals surface area (Å²) in [5.74, 6) is -2.45. The Morgan fingerprint density at radius 3 is 1.54 bits per heavy atom. The maximum Gasteiger partial charge on any atom is 0.345 e. The molecule has 3 atom stereocenters. The lowest BCUT2D eigenvalue weighted by Crippen LogP contribution is -2.45. The van der Waals surface area contributed by atoms with Crippen molar-refractivity contribution >= 4 is 111 Å². The molecule has 406 valence electrons. The summed E-state index contributed by atoms with van der Waals surface area (Å²) in [7, 11) is 6.23. The first-order chi connectivity index (χ1) is 36.2. The third kappa shape index (κ3) is 14.8. The van der Waals surface area contributed by atoms with Gasteiger partial charge in [0.15, 0.2) is 0 Å². The molecule has 0 aromatic heterocycles. The molecule has 3 saturated heterocycles. The van der Waals surface area contributed by atoms with Crippen LogP contribution in [0.25, 0.3) is 0 Å². The first kappa shape index (κ1) is 60.4. The highest BCUT2D eigenvalue weighted by atomic mass is 32.2. The van der Waals surface area contributed by atoms with E-state index >= 15 is 0 Å². The third-order valence-electron chi connectivity index (χ3n) is 10.6. The van der Waals surface area contributed by atoms with E-state index < -0.39 is 84.8 Å². The van der Waals surface area contributed by atoms with Gasteiger partial charge in [0, 0.05) is 23.1 Å². The zero-order valence-electron chi connectivity index (χ0n) is 40.4. The molecule has 0 saturated carbocycles. The summed E-state index contributed by atoms with van der Waals surface area (Å²) in [4.78, 5) is 112. The quantitative estimate of drug-likeness (QED) is 0.0762. The number of anilines is 3. The van der Waals surface area contributed by atoms with Crippen molar-refractivity contribution in [3.63, 3.8) is 0 Å². The summed E-state index contributed by atoms with van der Waals surface area (Å²) in [6, 6.07) is 15.1. The van der Waals surface area contributed by atoms with Crippen molar-refractivity contribution in [3.05, 3.63) is 137 Å². The molecule has 0 aliphatic carbocycles. The molecule has 4 aromatic carbocycles. The normalized spacial score (nSPS) is 16.5. The summed E-state index contributed by atoms with van der Waals surface area (Å²) in [5.41, 5.74) is -1.36. The highest BCUT2D eigenvalue weighted by Gasteiger charge is 2.40. The van der Waals surface area contributed by atoms with Crippen LogP contribution in [0.4, 0.5) is 42.9 Å². The van der Waals surface area contributed by atoms with Gasteiger partial charge in [0.1, 0.15) is 40.5 Å². The highest BCUT2D eigenvalue weighted by molar-refractivity contribution is 8.00. The Morgan fingerprint density at radius 2 is 1.05 bits per heavy atom. The number of rotatable bonds is 10. The number of esters is 5. The average molecular weight is 1120 g/mol. The molecule has 3 N–H and O–H groups in total. The number of amides is 1. The molecular formula is C45H45F2N7O19S3. The smallest absolute Gasteiger partial charge is 0.345 e. The first-order valence-electron chi connectivity index (χ1n) is 21.4. The molecule has 26 nitrogen and oxygen atoms in total. The van der Waals surface area contributed by atoms with E-state index in [0.29, 0.717) is 22.9 Å². The van der Waals surface area contributed by atoms with Crippen molar-refractivity contribution in [1.82, 2.24) is 5.32 Å². The number of nitrogens with zero attached hydrogens (tertiary/aromatic N) is 5. The molecule has 3 unspecified atom stereocenters. The van der Waals surface area contributed by atoms with Crippen molar-refractivity contribution in [1.29, 1.82) is 0 Å². The van der Waals surface area contributed by atoms with Crippen LogP contribution in [0.3, 0.4) is 0 Å². The minimum absolute atomic E-state index is 0.0520. The first-order valence-corrected chi connectivity index (χ1v) is 24.9. The van der Waals surface area contributed by atoms with Crippen molar-refractivity contribution in [2.24, 2.45) is 0 Å². The minimum atomic E-state index is -1.52. The maximum atomic E-state index is 12.9. The van der Waals surface area contributed by atoms with Gasteiger partial charge in [-0.3, -0.25) is 45.2 Å². The van der Waals surface area contributed by atoms with Gasteiger partial charge in [-0.25, -0.2) is 24.0 Å².